The van der Waals surface area contributed by atoms with Crippen molar-refractivity contribution in [2.24, 2.45) is 0 Å². The number of aromatic nitrogens is 2. The Hall–Kier alpha value is -1.96. The van der Waals surface area contributed by atoms with Crippen LogP contribution in [0.15, 0.2) is 47.2 Å². The van der Waals surface area contributed by atoms with E-state index in [9.17, 15) is 4.79 Å². The van der Waals surface area contributed by atoms with E-state index in [4.69, 9.17) is 5.21 Å². The molecule has 1 amide bonds. The molecule has 0 spiro atoms. The smallest absolute Gasteiger partial charge is 0.267 e. The lowest BCUT2D eigenvalue weighted by Crippen LogP contribution is -2.27. The maximum Gasteiger partial charge on any atom is 0.267 e. The first-order valence-corrected chi connectivity index (χ1v) is 9.09. The van der Waals surface area contributed by atoms with Crippen molar-refractivity contribution in [1.29, 1.82) is 0 Å². The van der Waals surface area contributed by atoms with Crippen LogP contribution in [0.3, 0.4) is 0 Å². The van der Waals surface area contributed by atoms with Gasteiger partial charge in [-0.1, -0.05) is 24.3 Å². The van der Waals surface area contributed by atoms with Gasteiger partial charge in [0, 0.05) is 24.9 Å². The average molecular weight is 405 g/mol. The first-order valence-electron chi connectivity index (χ1n) is 8.30. The lowest BCUT2D eigenvalue weighted by molar-refractivity contribution is -0.124. The molecule has 0 bridgehead atoms. The minimum absolute atomic E-state index is 0.428. The van der Waals surface area contributed by atoms with E-state index in [0.29, 0.717) is 6.04 Å². The van der Waals surface area contributed by atoms with Gasteiger partial charge in [0.25, 0.3) is 5.91 Å². The lowest BCUT2D eigenvalue weighted by Gasteiger charge is -2.24. The van der Waals surface area contributed by atoms with E-state index in [-0.39, 0.29) is 0 Å². The molecule has 1 atom stereocenters. The van der Waals surface area contributed by atoms with E-state index < -0.39 is 5.91 Å². The summed E-state index contributed by atoms with van der Waals surface area (Å²) in [4.78, 5) is 13.5. The molecule has 0 saturated carbocycles. The predicted molar refractivity (Wildman–Crippen MR) is 98.9 cm³/mol. The molecule has 1 saturated heterocycles. The fourth-order valence-corrected chi connectivity index (χ4v) is 3.53. The van der Waals surface area contributed by atoms with Gasteiger partial charge in [-0.15, -0.1) is 0 Å². The number of hydroxylamine groups is 1. The van der Waals surface area contributed by atoms with Gasteiger partial charge in [0.05, 0.1) is 17.2 Å². The highest BCUT2D eigenvalue weighted by molar-refractivity contribution is 9.10. The van der Waals surface area contributed by atoms with Gasteiger partial charge < -0.3 is 0 Å². The van der Waals surface area contributed by atoms with Crippen molar-refractivity contribution in [1.82, 2.24) is 20.2 Å². The van der Waals surface area contributed by atoms with E-state index in [0.717, 1.165) is 36.1 Å². The topological polar surface area (TPSA) is 70.4 Å². The Morgan fingerprint density at radius 1 is 1.36 bits per heavy atom. The summed E-state index contributed by atoms with van der Waals surface area (Å²) in [5.74, 6) is -0.531. The van der Waals surface area contributed by atoms with Gasteiger partial charge in [0.1, 0.15) is 0 Å². The number of hydrogen-bond acceptors (Lipinski definition) is 4. The van der Waals surface area contributed by atoms with E-state index in [1.807, 2.05) is 29.2 Å². The number of nitrogens with zero attached hydrogens (tertiary/aromatic N) is 3. The normalized spacial score (nSPS) is 18.1. The van der Waals surface area contributed by atoms with Gasteiger partial charge in [0.2, 0.25) is 0 Å². The van der Waals surface area contributed by atoms with Gasteiger partial charge in [-0.3, -0.25) is 19.6 Å². The average Bonchev–Trinajstić information content (AvgIpc) is 3.27. The molecule has 6 nitrogen and oxygen atoms in total. The van der Waals surface area contributed by atoms with Crippen LogP contribution >= 0.6 is 15.9 Å². The van der Waals surface area contributed by atoms with Crippen LogP contribution in [0.2, 0.25) is 0 Å². The highest BCUT2D eigenvalue weighted by Crippen LogP contribution is 2.31. The molecule has 0 aliphatic carbocycles. The minimum Gasteiger partial charge on any atom is -0.294 e. The molecule has 2 aromatic rings. The Morgan fingerprint density at radius 2 is 2.16 bits per heavy atom. The molecule has 0 radical (unpaired) electrons. The second kappa shape index (κ2) is 8.42. The fraction of sp³-hybridized carbons (Fsp3) is 0.333. The van der Waals surface area contributed by atoms with Crippen LogP contribution in [0.25, 0.3) is 6.08 Å². The van der Waals surface area contributed by atoms with Gasteiger partial charge >= 0.3 is 0 Å². The van der Waals surface area contributed by atoms with Crippen LogP contribution in [-0.2, 0) is 11.3 Å². The molecule has 2 heterocycles. The number of carbonyl (C=O) groups is 1. The molecule has 1 aliphatic rings. The number of likely N-dealkylation sites (tertiary alicyclic amines) is 1. The van der Waals surface area contributed by atoms with Crippen molar-refractivity contribution in [3.63, 3.8) is 0 Å². The molecule has 25 heavy (non-hydrogen) atoms. The first-order chi connectivity index (χ1) is 12.2. The highest BCUT2D eigenvalue weighted by atomic mass is 79.9. The third-order valence-corrected chi connectivity index (χ3v) is 4.85. The largest absolute Gasteiger partial charge is 0.294 e. The molecule has 1 aliphatic heterocycles. The lowest BCUT2D eigenvalue weighted by atomic mass is 10.0. The molecule has 132 valence electrons. The van der Waals surface area contributed by atoms with Crippen molar-refractivity contribution in [2.75, 3.05) is 13.1 Å². The Morgan fingerprint density at radius 3 is 2.84 bits per heavy atom. The summed E-state index contributed by atoms with van der Waals surface area (Å²) in [7, 11) is 0. The maximum atomic E-state index is 11.0. The van der Waals surface area contributed by atoms with Crippen LogP contribution in [-0.4, -0.2) is 38.9 Å². The summed E-state index contributed by atoms with van der Waals surface area (Å²) in [6, 6.07) is 8.65. The summed E-state index contributed by atoms with van der Waals surface area (Å²) >= 11 is 3.43. The van der Waals surface area contributed by atoms with Crippen LogP contribution in [0.4, 0.5) is 0 Å². The summed E-state index contributed by atoms with van der Waals surface area (Å²) in [6.45, 7) is 2.95. The fourth-order valence-electron chi connectivity index (χ4n) is 3.20. The van der Waals surface area contributed by atoms with E-state index in [1.165, 1.54) is 18.1 Å². The highest BCUT2D eigenvalue weighted by Gasteiger charge is 2.25. The van der Waals surface area contributed by atoms with Gasteiger partial charge in [-0.2, -0.15) is 5.10 Å². The Balaban J connectivity index is 1.61. The van der Waals surface area contributed by atoms with Crippen LogP contribution in [0.5, 0.6) is 0 Å². The third kappa shape index (κ3) is 4.78. The first kappa shape index (κ1) is 17.8. The van der Waals surface area contributed by atoms with Crippen LogP contribution in [0, 0.1) is 0 Å². The zero-order valence-corrected chi connectivity index (χ0v) is 15.4. The monoisotopic (exact) mass is 404 g/mol. The van der Waals surface area contributed by atoms with Crippen molar-refractivity contribution in [3.05, 3.63) is 58.3 Å². The van der Waals surface area contributed by atoms with Crippen LogP contribution in [0.1, 0.15) is 30.0 Å². The second-order valence-electron chi connectivity index (χ2n) is 6.09. The Labute approximate surface area is 155 Å². The molecule has 1 fully saturated rings. The van der Waals surface area contributed by atoms with Crippen molar-refractivity contribution in [2.45, 2.75) is 25.4 Å². The number of amides is 1. The quantitative estimate of drug-likeness (QED) is 0.441. The molecule has 1 aromatic heterocycles. The molecule has 1 unspecified atom stereocenters. The van der Waals surface area contributed by atoms with Crippen LogP contribution < -0.4 is 5.48 Å². The van der Waals surface area contributed by atoms with Gasteiger partial charge in [0.15, 0.2) is 0 Å². The molecule has 3 rings (SSSR count). The van der Waals surface area contributed by atoms with Crippen molar-refractivity contribution < 1.29 is 10.0 Å². The summed E-state index contributed by atoms with van der Waals surface area (Å²) in [5.41, 5.74) is 3.81. The Bertz CT molecular complexity index is 742. The van der Waals surface area contributed by atoms with E-state index in [1.54, 1.807) is 11.6 Å². The second-order valence-corrected chi connectivity index (χ2v) is 7.01. The molecule has 7 heteroatoms. The molecule has 1 aromatic carbocycles. The SMILES string of the molecule is O=C(C=Cc1ccc(C2CCCN2CCn2cc(Br)cn2)cc1)NO. The summed E-state index contributed by atoms with van der Waals surface area (Å²) < 4.78 is 2.96. The van der Waals surface area contributed by atoms with Gasteiger partial charge in [-0.25, -0.2) is 5.48 Å². The zero-order chi connectivity index (χ0) is 17.6. The predicted octanol–water partition coefficient (Wildman–Crippen LogP) is 3.00. The molecular weight excluding hydrogens is 384 g/mol. The molecular formula is C18H21BrN4O2. The number of carbonyl (C=O) groups excluding carboxylic acids is 1. The zero-order valence-electron chi connectivity index (χ0n) is 13.8. The minimum atomic E-state index is -0.531. The number of nitrogens with one attached hydrogen (secondary N) is 1. The number of halogens is 1. The van der Waals surface area contributed by atoms with Crippen molar-refractivity contribution in [3.8, 4) is 0 Å². The molecule has 2 N–H and O–H groups in total. The summed E-state index contributed by atoms with van der Waals surface area (Å²) in [5, 5.41) is 12.8. The Kier molecular flexibility index (Phi) is 6.01. The standard InChI is InChI=1S/C18H21BrN4O2/c19-16-12-20-23(13-16)11-10-22-9-1-2-17(22)15-6-3-14(4-7-15)5-8-18(24)21-25/h3-8,12-13,17,25H,1-2,9-11H2,(H,21,24). The van der Waals surface area contributed by atoms with Crippen molar-refractivity contribution >= 4 is 27.9 Å². The van der Waals surface area contributed by atoms with Gasteiger partial charge in [-0.05, 0) is 52.5 Å². The van der Waals surface area contributed by atoms with E-state index in [2.05, 4.69) is 38.1 Å². The number of benzene rings is 1. The number of hydrogen-bond donors (Lipinski definition) is 2. The summed E-state index contributed by atoms with van der Waals surface area (Å²) in [6.07, 6.45) is 9.15. The maximum absolute atomic E-state index is 11.0. The van der Waals surface area contributed by atoms with E-state index >= 15 is 0 Å². The third-order valence-electron chi connectivity index (χ3n) is 4.44. The number of rotatable bonds is 6.